The van der Waals surface area contributed by atoms with Gasteiger partial charge >= 0.3 is 0 Å². The number of carbonyl (C=O) groups is 2. The van der Waals surface area contributed by atoms with Gasteiger partial charge in [0, 0.05) is 18.7 Å². The number of benzene rings is 4. The van der Waals surface area contributed by atoms with Crippen LogP contribution >= 0.6 is 0 Å². The van der Waals surface area contributed by atoms with Gasteiger partial charge in [-0.05, 0) is 57.1 Å². The van der Waals surface area contributed by atoms with Crippen LogP contribution in [0.2, 0.25) is 0 Å². The predicted molar refractivity (Wildman–Crippen MR) is 109 cm³/mol. The molecule has 0 N–H and O–H groups in total. The van der Waals surface area contributed by atoms with Gasteiger partial charge in [-0.25, -0.2) is 0 Å². The third-order valence-electron chi connectivity index (χ3n) is 5.60. The third-order valence-corrected chi connectivity index (χ3v) is 5.60. The fourth-order valence-corrected chi connectivity index (χ4v) is 4.25. The van der Waals surface area contributed by atoms with Gasteiger partial charge in [0.2, 0.25) is 0 Å². The van der Waals surface area contributed by atoms with Crippen molar-refractivity contribution in [3.63, 3.8) is 0 Å². The van der Waals surface area contributed by atoms with Gasteiger partial charge < -0.3 is 0 Å². The zero-order chi connectivity index (χ0) is 18.4. The van der Waals surface area contributed by atoms with E-state index in [1.807, 2.05) is 0 Å². The number of nitrogens with zero attached hydrogens (tertiary/aromatic N) is 1. The fourth-order valence-electron chi connectivity index (χ4n) is 4.25. The first-order valence-corrected chi connectivity index (χ1v) is 9.41. The lowest BCUT2D eigenvalue weighted by Crippen LogP contribution is -2.30. The Balaban J connectivity index is 1.42. The molecule has 0 atom stereocenters. The van der Waals surface area contributed by atoms with E-state index >= 15 is 0 Å². The van der Waals surface area contributed by atoms with E-state index in [9.17, 15) is 9.59 Å². The first-order chi connectivity index (χ1) is 13.2. The number of hydrogen-bond acceptors (Lipinski definition) is 2. The number of rotatable bonds is 5. The van der Waals surface area contributed by atoms with Crippen LogP contribution in [-0.4, -0.2) is 23.3 Å². The maximum absolute atomic E-state index is 11.6. The SMILES string of the molecule is O=C1C=CC(=O)N1CCCCc1ccc2ccc3cccc4ccc1c2c34. The van der Waals surface area contributed by atoms with Gasteiger partial charge in [-0.15, -0.1) is 0 Å². The molecule has 0 aliphatic carbocycles. The summed E-state index contributed by atoms with van der Waals surface area (Å²) in [6.07, 6.45) is 5.41. The van der Waals surface area contributed by atoms with Crippen LogP contribution in [0, 0.1) is 0 Å². The monoisotopic (exact) mass is 353 g/mol. The Morgan fingerprint density at radius 2 is 1.30 bits per heavy atom. The molecule has 3 nitrogen and oxygen atoms in total. The highest BCUT2D eigenvalue weighted by atomic mass is 16.2. The van der Waals surface area contributed by atoms with E-state index in [1.54, 1.807) is 0 Å². The molecule has 0 radical (unpaired) electrons. The molecule has 0 spiro atoms. The van der Waals surface area contributed by atoms with E-state index in [1.165, 1.54) is 54.9 Å². The quantitative estimate of drug-likeness (QED) is 0.293. The van der Waals surface area contributed by atoms with Crippen molar-refractivity contribution in [2.75, 3.05) is 6.54 Å². The Morgan fingerprint density at radius 3 is 2.04 bits per heavy atom. The molecule has 4 aromatic rings. The van der Waals surface area contributed by atoms with Crippen molar-refractivity contribution < 1.29 is 9.59 Å². The number of imide groups is 1. The van der Waals surface area contributed by atoms with Crippen LogP contribution in [0.1, 0.15) is 18.4 Å². The molecular weight excluding hydrogens is 334 g/mol. The van der Waals surface area contributed by atoms with Crippen LogP contribution in [0.25, 0.3) is 32.3 Å². The second-order valence-electron chi connectivity index (χ2n) is 7.20. The molecule has 0 saturated heterocycles. The highest BCUT2D eigenvalue weighted by Crippen LogP contribution is 2.36. The minimum absolute atomic E-state index is 0.192. The molecule has 3 heteroatoms. The Labute approximate surface area is 157 Å². The summed E-state index contributed by atoms with van der Waals surface area (Å²) in [5, 5.41) is 7.83. The van der Waals surface area contributed by atoms with Crippen LogP contribution in [-0.2, 0) is 16.0 Å². The van der Waals surface area contributed by atoms with Gasteiger partial charge in [-0.3, -0.25) is 14.5 Å². The number of hydrogen-bond donors (Lipinski definition) is 0. The Bertz CT molecular complexity index is 1190. The lowest BCUT2D eigenvalue weighted by atomic mass is 9.90. The van der Waals surface area contributed by atoms with Crippen LogP contribution in [0.4, 0.5) is 0 Å². The Morgan fingerprint density at radius 1 is 0.667 bits per heavy atom. The molecule has 0 saturated carbocycles. The molecule has 1 aliphatic rings. The molecule has 0 bridgehead atoms. The molecule has 27 heavy (non-hydrogen) atoms. The average molecular weight is 353 g/mol. The molecular formula is C24H19NO2. The second kappa shape index (κ2) is 6.20. The highest BCUT2D eigenvalue weighted by molar-refractivity contribution is 6.23. The van der Waals surface area contributed by atoms with Crippen molar-refractivity contribution in [3.05, 3.63) is 72.3 Å². The number of carbonyl (C=O) groups excluding carboxylic acids is 2. The molecule has 0 aromatic heterocycles. The highest BCUT2D eigenvalue weighted by Gasteiger charge is 2.22. The summed E-state index contributed by atoms with van der Waals surface area (Å²) in [4.78, 5) is 24.6. The molecule has 2 amide bonds. The largest absolute Gasteiger partial charge is 0.275 e. The van der Waals surface area contributed by atoms with E-state index in [0.29, 0.717) is 6.54 Å². The molecule has 0 fully saturated rings. The van der Waals surface area contributed by atoms with Gasteiger partial charge in [-0.1, -0.05) is 54.6 Å². The minimum Gasteiger partial charge on any atom is -0.275 e. The molecule has 5 rings (SSSR count). The predicted octanol–water partition coefficient (Wildman–Crippen LogP) is 4.83. The maximum Gasteiger partial charge on any atom is 0.253 e. The summed E-state index contributed by atoms with van der Waals surface area (Å²) in [6, 6.07) is 19.7. The van der Waals surface area contributed by atoms with Crippen LogP contribution in [0.3, 0.4) is 0 Å². The van der Waals surface area contributed by atoms with Crippen molar-refractivity contribution in [2.45, 2.75) is 19.3 Å². The molecule has 132 valence electrons. The number of unbranched alkanes of at least 4 members (excludes halogenated alkanes) is 1. The van der Waals surface area contributed by atoms with Gasteiger partial charge in [0.05, 0.1) is 0 Å². The first kappa shape index (κ1) is 16.0. The lowest BCUT2D eigenvalue weighted by molar-refractivity contribution is -0.136. The van der Waals surface area contributed by atoms with E-state index in [2.05, 4.69) is 54.6 Å². The first-order valence-electron chi connectivity index (χ1n) is 9.41. The Kier molecular flexibility index (Phi) is 3.68. The summed E-state index contributed by atoms with van der Waals surface area (Å²) in [5.74, 6) is -0.384. The van der Waals surface area contributed by atoms with Crippen molar-refractivity contribution >= 4 is 44.1 Å². The molecule has 0 unspecified atom stereocenters. The fraction of sp³-hybridized carbons (Fsp3) is 0.167. The van der Waals surface area contributed by atoms with Crippen molar-refractivity contribution in [2.24, 2.45) is 0 Å². The van der Waals surface area contributed by atoms with Crippen LogP contribution < -0.4 is 0 Å². The van der Waals surface area contributed by atoms with Gasteiger partial charge in [0.15, 0.2) is 0 Å². The van der Waals surface area contributed by atoms with E-state index in [-0.39, 0.29) is 11.8 Å². The summed E-state index contributed by atoms with van der Waals surface area (Å²) in [5.41, 5.74) is 1.33. The minimum atomic E-state index is -0.192. The van der Waals surface area contributed by atoms with Crippen molar-refractivity contribution in [1.29, 1.82) is 0 Å². The van der Waals surface area contributed by atoms with Crippen molar-refractivity contribution in [1.82, 2.24) is 4.90 Å². The smallest absolute Gasteiger partial charge is 0.253 e. The van der Waals surface area contributed by atoms with E-state index in [0.717, 1.165) is 19.3 Å². The Hall–Kier alpha value is -3.20. The maximum atomic E-state index is 11.6. The normalized spacial score (nSPS) is 14.4. The lowest BCUT2D eigenvalue weighted by Gasteiger charge is -2.15. The summed E-state index contributed by atoms with van der Waals surface area (Å²) in [7, 11) is 0. The number of amides is 2. The zero-order valence-corrected chi connectivity index (χ0v) is 14.9. The van der Waals surface area contributed by atoms with Crippen molar-refractivity contribution in [3.8, 4) is 0 Å². The van der Waals surface area contributed by atoms with E-state index < -0.39 is 0 Å². The van der Waals surface area contributed by atoms with Gasteiger partial charge in [-0.2, -0.15) is 0 Å². The number of aryl methyl sites for hydroxylation is 1. The van der Waals surface area contributed by atoms with Gasteiger partial charge in [0.25, 0.3) is 11.8 Å². The summed E-state index contributed by atoms with van der Waals surface area (Å²) in [6.45, 7) is 0.497. The topological polar surface area (TPSA) is 37.4 Å². The third kappa shape index (κ3) is 2.58. The summed E-state index contributed by atoms with van der Waals surface area (Å²) < 4.78 is 0. The standard InChI is InChI=1S/C24H19NO2/c26-21-13-14-22(27)25(21)15-2-1-4-16-7-8-19-10-9-17-5-3-6-18-11-12-20(16)24(19)23(17)18/h3,5-14H,1-2,4,15H2. The molecule has 1 aliphatic heterocycles. The molecule has 4 aromatic carbocycles. The van der Waals surface area contributed by atoms with Crippen LogP contribution in [0.15, 0.2) is 66.7 Å². The van der Waals surface area contributed by atoms with E-state index in [4.69, 9.17) is 0 Å². The van der Waals surface area contributed by atoms with Crippen LogP contribution in [0.5, 0.6) is 0 Å². The summed E-state index contributed by atoms with van der Waals surface area (Å²) >= 11 is 0. The molecule has 1 heterocycles. The second-order valence-corrected chi connectivity index (χ2v) is 7.20. The zero-order valence-electron chi connectivity index (χ0n) is 14.9. The van der Waals surface area contributed by atoms with Gasteiger partial charge in [0.1, 0.15) is 0 Å². The average Bonchev–Trinajstić information content (AvgIpc) is 3.02.